The zero-order valence-corrected chi connectivity index (χ0v) is 24.3. The minimum atomic E-state index is -3.27. The first-order valence-electron chi connectivity index (χ1n) is 13.3. The molecule has 4 aliphatic carbocycles. The first-order valence-corrected chi connectivity index (χ1v) is 14.1. The van der Waals surface area contributed by atoms with E-state index in [0.29, 0.717) is 4.68 Å². The van der Waals surface area contributed by atoms with Gasteiger partial charge in [-0.3, -0.25) is 14.6 Å². The van der Waals surface area contributed by atoms with Crippen LogP contribution in [0.25, 0.3) is 5.69 Å². The average molecular weight is 661 g/mol. The number of methoxy groups -OCH3 is 1. The number of nitrogens with zero attached hydrogens (tertiary/aromatic N) is 2. The fraction of sp³-hybridized carbons (Fsp3) is 0.429. The molecule has 1 aromatic heterocycles. The number of aromatic nitrogens is 3. The van der Waals surface area contributed by atoms with Gasteiger partial charge in [0.2, 0.25) is 0 Å². The van der Waals surface area contributed by atoms with Crippen LogP contribution in [0.2, 0.25) is 10.0 Å². The highest BCUT2D eigenvalue weighted by Crippen LogP contribution is 2.64. The Bertz CT molecular complexity index is 1740. The molecular formula is C28H23Cl2F5N4O5. The molecule has 0 saturated heterocycles. The predicted molar refractivity (Wildman–Crippen MR) is 148 cm³/mol. The SMILES string of the molecule is COc1ccc(Oc2c(Cl)cc(-n3nc(C(F)F)c(=O)[nH]c3=O)cc2Cl)cc1C(=O)NC12CC3(F)CC(F)(CC(F)(C3)C1)C2. The molecule has 4 aliphatic rings. The Morgan fingerprint density at radius 1 is 0.977 bits per heavy atom. The maximum Gasteiger partial charge on any atom is 0.349 e. The molecule has 2 aromatic carbocycles. The van der Waals surface area contributed by atoms with Crippen LogP contribution in [0, 0.1) is 0 Å². The van der Waals surface area contributed by atoms with Crippen molar-refractivity contribution in [2.45, 2.75) is 67.5 Å². The van der Waals surface area contributed by atoms with Crippen LogP contribution in [0.4, 0.5) is 22.0 Å². The van der Waals surface area contributed by atoms with Crippen molar-refractivity contribution in [1.82, 2.24) is 20.1 Å². The molecule has 2 N–H and O–H groups in total. The number of benzene rings is 2. The molecule has 4 saturated carbocycles. The molecule has 0 spiro atoms. The van der Waals surface area contributed by atoms with Gasteiger partial charge in [0.25, 0.3) is 17.9 Å². The number of aromatic amines is 1. The summed E-state index contributed by atoms with van der Waals surface area (Å²) in [4.78, 5) is 39.1. The molecule has 1 amide bonds. The molecule has 16 heteroatoms. The highest BCUT2D eigenvalue weighted by molar-refractivity contribution is 6.37. The van der Waals surface area contributed by atoms with E-state index in [4.69, 9.17) is 32.7 Å². The standard InChI is InChI=1S/C28H23Cl2F5N4O5/c1-43-18-3-2-14(6-15(18)22(40)37-28-10-25(33)7-26(34,11-28)9-27(35,8-25)12-28)44-20-16(29)4-13(5-17(20)30)39-24(42)36-23(41)19(38-39)21(31)32/h2-6,21H,7-12H2,1H3,(H,37,40)(H,36,41,42). The summed E-state index contributed by atoms with van der Waals surface area (Å²) in [5.41, 5.74) is -11.6. The number of rotatable bonds is 7. The summed E-state index contributed by atoms with van der Waals surface area (Å²) < 4.78 is 84.3. The Kier molecular flexibility index (Phi) is 7.04. The van der Waals surface area contributed by atoms with Crippen LogP contribution in [0.15, 0.2) is 39.9 Å². The van der Waals surface area contributed by atoms with Crippen molar-refractivity contribution in [2.75, 3.05) is 7.11 Å². The number of halogens is 7. The summed E-state index contributed by atoms with van der Waals surface area (Å²) in [6.07, 6.45) is -5.14. The monoisotopic (exact) mass is 660 g/mol. The third-order valence-electron chi connectivity index (χ3n) is 8.17. The Balaban J connectivity index is 1.29. The minimum absolute atomic E-state index is 0.0169. The fourth-order valence-electron chi connectivity index (χ4n) is 7.26. The van der Waals surface area contributed by atoms with Gasteiger partial charge in [0, 0.05) is 44.1 Å². The molecule has 3 aromatic rings. The molecule has 9 nitrogen and oxygen atoms in total. The van der Waals surface area contributed by atoms with Gasteiger partial charge in [-0.05, 0) is 30.3 Å². The second-order valence-corrected chi connectivity index (χ2v) is 12.6. The van der Waals surface area contributed by atoms with Crippen LogP contribution in [-0.2, 0) is 0 Å². The molecule has 0 aliphatic heterocycles. The van der Waals surface area contributed by atoms with Gasteiger partial charge in [-0.15, -0.1) is 0 Å². The van der Waals surface area contributed by atoms with Crippen LogP contribution in [0.5, 0.6) is 17.2 Å². The first-order chi connectivity index (χ1) is 20.5. The van der Waals surface area contributed by atoms with Gasteiger partial charge in [-0.2, -0.15) is 9.78 Å². The smallest absolute Gasteiger partial charge is 0.349 e. The lowest BCUT2D eigenvalue weighted by atomic mass is 9.49. The highest BCUT2D eigenvalue weighted by Gasteiger charge is 2.70. The van der Waals surface area contributed by atoms with E-state index in [2.05, 4.69) is 10.4 Å². The lowest BCUT2D eigenvalue weighted by Gasteiger charge is -2.63. The maximum absolute atomic E-state index is 15.5. The molecule has 4 fully saturated rings. The van der Waals surface area contributed by atoms with Crippen molar-refractivity contribution in [1.29, 1.82) is 0 Å². The third-order valence-corrected chi connectivity index (χ3v) is 8.73. The fourth-order valence-corrected chi connectivity index (χ4v) is 7.81. The average Bonchev–Trinajstić information content (AvgIpc) is 2.87. The van der Waals surface area contributed by atoms with Gasteiger partial charge in [-0.25, -0.2) is 26.7 Å². The van der Waals surface area contributed by atoms with E-state index in [9.17, 15) is 23.2 Å². The maximum atomic E-state index is 15.5. The summed E-state index contributed by atoms with van der Waals surface area (Å²) in [7, 11) is 1.31. The molecule has 7 rings (SSSR count). The normalized spacial score (nSPS) is 28.8. The highest BCUT2D eigenvalue weighted by atomic mass is 35.5. The van der Waals surface area contributed by atoms with Crippen LogP contribution in [-0.4, -0.2) is 50.3 Å². The Hall–Kier alpha value is -3.65. The van der Waals surface area contributed by atoms with Gasteiger partial charge >= 0.3 is 5.69 Å². The molecule has 0 atom stereocenters. The number of hydrogen-bond acceptors (Lipinski definition) is 6. The third kappa shape index (κ3) is 5.31. The van der Waals surface area contributed by atoms with E-state index in [0.717, 1.165) is 12.1 Å². The molecule has 234 valence electrons. The number of amides is 1. The number of ether oxygens (including phenoxy) is 2. The summed E-state index contributed by atoms with van der Waals surface area (Å²) in [6, 6.07) is 6.32. The molecule has 1 heterocycles. The summed E-state index contributed by atoms with van der Waals surface area (Å²) in [6.45, 7) is 0. The van der Waals surface area contributed by atoms with Crippen molar-refractivity contribution < 1.29 is 36.2 Å². The van der Waals surface area contributed by atoms with Gasteiger partial charge in [0.1, 0.15) is 28.5 Å². The summed E-state index contributed by atoms with van der Waals surface area (Å²) >= 11 is 12.7. The van der Waals surface area contributed by atoms with E-state index in [1.54, 1.807) is 4.98 Å². The van der Waals surface area contributed by atoms with Crippen LogP contribution in [0.1, 0.15) is 61.0 Å². The molecule has 44 heavy (non-hydrogen) atoms. The summed E-state index contributed by atoms with van der Waals surface area (Å²) in [5, 5.41) is 5.69. The number of hydrogen-bond donors (Lipinski definition) is 2. The van der Waals surface area contributed by atoms with Crippen molar-refractivity contribution in [2.24, 2.45) is 0 Å². The molecule has 0 radical (unpaired) electrons. The number of alkyl halides is 5. The van der Waals surface area contributed by atoms with E-state index >= 15 is 13.2 Å². The van der Waals surface area contributed by atoms with Crippen molar-refractivity contribution >= 4 is 29.1 Å². The van der Waals surface area contributed by atoms with E-state index in [1.807, 2.05) is 0 Å². The zero-order chi connectivity index (χ0) is 31.8. The quantitative estimate of drug-likeness (QED) is 0.303. The van der Waals surface area contributed by atoms with Gasteiger partial charge in [0.05, 0.1) is 28.4 Å². The minimum Gasteiger partial charge on any atom is -0.496 e. The second-order valence-electron chi connectivity index (χ2n) is 11.8. The number of H-pyrrole nitrogens is 1. The van der Waals surface area contributed by atoms with Crippen LogP contribution >= 0.6 is 23.2 Å². The van der Waals surface area contributed by atoms with E-state index < -0.39 is 71.1 Å². The zero-order valence-electron chi connectivity index (χ0n) is 22.8. The van der Waals surface area contributed by atoms with Gasteiger partial charge < -0.3 is 14.8 Å². The molecule has 4 bridgehead atoms. The number of carbonyl (C=O) groups is 1. The lowest BCUT2D eigenvalue weighted by Crippen LogP contribution is -2.72. The van der Waals surface area contributed by atoms with Crippen LogP contribution < -0.4 is 26.0 Å². The Morgan fingerprint density at radius 2 is 1.55 bits per heavy atom. The van der Waals surface area contributed by atoms with Crippen molar-refractivity contribution in [3.63, 3.8) is 0 Å². The first kappa shape index (κ1) is 30.4. The van der Waals surface area contributed by atoms with Gasteiger partial charge in [-0.1, -0.05) is 23.2 Å². The second kappa shape index (κ2) is 10.2. The van der Waals surface area contributed by atoms with Crippen LogP contribution in [0.3, 0.4) is 0 Å². The Labute approximate surface area is 255 Å². The summed E-state index contributed by atoms with van der Waals surface area (Å²) in [5.74, 6) is -0.816. The Morgan fingerprint density at radius 3 is 2.07 bits per heavy atom. The van der Waals surface area contributed by atoms with Gasteiger partial charge in [0.15, 0.2) is 11.4 Å². The molecular weight excluding hydrogens is 638 g/mol. The predicted octanol–water partition coefficient (Wildman–Crippen LogP) is 5.94. The van der Waals surface area contributed by atoms with Crippen molar-refractivity contribution in [3.05, 3.63) is 72.5 Å². The topological polar surface area (TPSA) is 115 Å². The lowest BCUT2D eigenvalue weighted by molar-refractivity contribution is -0.193. The molecule has 0 unspecified atom stereocenters. The largest absolute Gasteiger partial charge is 0.496 e. The van der Waals surface area contributed by atoms with E-state index in [1.165, 1.54) is 25.3 Å². The number of nitrogens with one attached hydrogen (secondary N) is 2. The van der Waals surface area contributed by atoms with E-state index in [-0.39, 0.29) is 57.8 Å². The van der Waals surface area contributed by atoms with Crippen molar-refractivity contribution in [3.8, 4) is 22.9 Å². The number of carbonyl (C=O) groups excluding carboxylic acids is 1.